The normalized spacial score (nSPS) is 18.9. The molecule has 2 aliphatic heterocycles. The molecular weight excluding hydrogens is 614 g/mol. The van der Waals surface area contributed by atoms with E-state index in [2.05, 4.69) is 15.3 Å². The van der Waals surface area contributed by atoms with Crippen LogP contribution in [0, 0.1) is 0 Å². The van der Waals surface area contributed by atoms with E-state index in [1.54, 1.807) is 24.0 Å². The molecule has 3 aromatic heterocycles. The number of anilines is 1. The number of carbonyl (C=O) groups excluding carboxylic acids is 2. The van der Waals surface area contributed by atoms with Crippen molar-refractivity contribution in [3.63, 3.8) is 0 Å². The van der Waals surface area contributed by atoms with Crippen LogP contribution in [-0.2, 0) is 20.8 Å². The summed E-state index contributed by atoms with van der Waals surface area (Å²) in [6, 6.07) is 12.2. The lowest BCUT2D eigenvalue weighted by Gasteiger charge is -2.33. The number of fused-ring (bicyclic) bond motifs is 4. The fourth-order valence-electron chi connectivity index (χ4n) is 6.57. The summed E-state index contributed by atoms with van der Waals surface area (Å²) in [5.41, 5.74) is 2.82. The third-order valence-electron chi connectivity index (χ3n) is 8.84. The minimum Gasteiger partial charge on any atom is -0.480 e. The number of halogens is 1. The van der Waals surface area contributed by atoms with E-state index >= 15 is 0 Å². The highest BCUT2D eigenvalue weighted by atomic mass is 35.5. The number of nitrogens with zero attached hydrogens (tertiary/aromatic N) is 6. The number of ether oxygens (including phenoxy) is 1. The first-order valence-electron chi connectivity index (χ1n) is 15.2. The van der Waals surface area contributed by atoms with Gasteiger partial charge in [-0.25, -0.2) is 14.8 Å². The number of rotatable bonds is 7. The van der Waals surface area contributed by atoms with Gasteiger partial charge in [0.05, 0.1) is 29.0 Å². The van der Waals surface area contributed by atoms with E-state index in [1.807, 2.05) is 39.8 Å². The molecule has 2 aromatic carbocycles. The number of piperidine rings is 1. The predicted molar refractivity (Wildman–Crippen MR) is 170 cm³/mol. The van der Waals surface area contributed by atoms with Crippen molar-refractivity contribution in [2.45, 2.75) is 50.8 Å². The van der Waals surface area contributed by atoms with Crippen LogP contribution in [-0.4, -0.2) is 86.1 Å². The Balaban J connectivity index is 1.26. The maximum atomic E-state index is 12.7. The summed E-state index contributed by atoms with van der Waals surface area (Å²) in [6.45, 7) is 2.93. The maximum Gasteiger partial charge on any atom is 0.326 e. The molecule has 14 heteroatoms. The number of carboxylic acids is 1. The number of carboxylic acid groups (broad SMARTS) is 1. The van der Waals surface area contributed by atoms with Crippen LogP contribution in [0.5, 0.6) is 6.01 Å². The lowest BCUT2D eigenvalue weighted by Crippen LogP contribution is -2.38. The van der Waals surface area contributed by atoms with Crippen LogP contribution in [0.1, 0.15) is 38.1 Å². The minimum atomic E-state index is -1.05. The molecule has 5 heterocycles. The van der Waals surface area contributed by atoms with Gasteiger partial charge in [-0.2, -0.15) is 4.98 Å². The molecule has 2 amide bonds. The number of likely N-dealkylation sites (tertiary alicyclic amines) is 1. The summed E-state index contributed by atoms with van der Waals surface area (Å²) >= 11 is 6.69. The molecule has 0 radical (unpaired) electrons. The van der Waals surface area contributed by atoms with Crippen molar-refractivity contribution < 1.29 is 28.6 Å². The predicted octanol–water partition coefficient (Wildman–Crippen LogP) is 3.96. The van der Waals surface area contributed by atoms with E-state index < -0.39 is 18.1 Å². The summed E-state index contributed by atoms with van der Waals surface area (Å²) < 4.78 is 14.7. The Morgan fingerprint density at radius 2 is 1.87 bits per heavy atom. The number of aliphatic carboxylic acids is 1. The molecule has 0 spiro atoms. The summed E-state index contributed by atoms with van der Waals surface area (Å²) in [5.74, 6) is -0.754. The number of aromatic nitrogens is 4. The first-order chi connectivity index (χ1) is 22.2. The van der Waals surface area contributed by atoms with E-state index in [1.165, 1.54) is 7.05 Å². The van der Waals surface area contributed by atoms with Crippen LogP contribution < -0.4 is 15.0 Å². The summed E-state index contributed by atoms with van der Waals surface area (Å²) in [4.78, 5) is 54.5. The van der Waals surface area contributed by atoms with Gasteiger partial charge in [0.15, 0.2) is 11.4 Å². The molecule has 2 aliphatic rings. The average molecular weight is 646 g/mol. The summed E-state index contributed by atoms with van der Waals surface area (Å²) in [6.07, 6.45) is 0.869. The van der Waals surface area contributed by atoms with E-state index in [0.29, 0.717) is 59.2 Å². The van der Waals surface area contributed by atoms with Crippen LogP contribution in [0.3, 0.4) is 0 Å². The molecule has 2 atom stereocenters. The van der Waals surface area contributed by atoms with Crippen molar-refractivity contribution in [3.8, 4) is 6.01 Å². The van der Waals surface area contributed by atoms with Crippen LogP contribution in [0.4, 0.5) is 5.82 Å². The fraction of sp³-hybridized carbons (Fsp3) is 0.375. The van der Waals surface area contributed by atoms with Crippen molar-refractivity contribution in [2.75, 3.05) is 31.6 Å². The van der Waals surface area contributed by atoms with Gasteiger partial charge in [0, 0.05) is 44.9 Å². The van der Waals surface area contributed by atoms with E-state index in [9.17, 15) is 19.5 Å². The Labute approximate surface area is 268 Å². The molecule has 2 saturated heterocycles. The number of nitrogens with one attached hydrogen (secondary N) is 1. The molecule has 46 heavy (non-hydrogen) atoms. The first kappa shape index (κ1) is 29.8. The second-order valence-corrected chi connectivity index (χ2v) is 12.1. The van der Waals surface area contributed by atoms with Crippen molar-refractivity contribution in [2.24, 2.45) is 0 Å². The van der Waals surface area contributed by atoms with Gasteiger partial charge in [0.2, 0.25) is 11.8 Å². The van der Waals surface area contributed by atoms with Gasteiger partial charge in [-0.05, 0) is 37.1 Å². The number of para-hydroxylation sites is 2. The van der Waals surface area contributed by atoms with Crippen LogP contribution in [0.15, 0.2) is 46.9 Å². The van der Waals surface area contributed by atoms with Gasteiger partial charge in [-0.1, -0.05) is 29.8 Å². The monoisotopic (exact) mass is 645 g/mol. The number of carbonyl (C=O) groups is 3. The molecule has 5 aromatic rings. The Kier molecular flexibility index (Phi) is 7.63. The number of furan rings is 1. The number of amides is 2. The van der Waals surface area contributed by atoms with Gasteiger partial charge < -0.3 is 29.4 Å². The van der Waals surface area contributed by atoms with Crippen LogP contribution >= 0.6 is 11.6 Å². The molecule has 238 valence electrons. The molecule has 0 bridgehead atoms. The Bertz CT molecular complexity index is 2000. The zero-order chi connectivity index (χ0) is 32.1. The van der Waals surface area contributed by atoms with Gasteiger partial charge in [0.1, 0.15) is 29.1 Å². The lowest BCUT2D eigenvalue weighted by molar-refractivity contribution is -0.138. The van der Waals surface area contributed by atoms with E-state index in [0.717, 1.165) is 10.9 Å². The highest BCUT2D eigenvalue weighted by molar-refractivity contribution is 6.35. The Morgan fingerprint density at radius 3 is 2.61 bits per heavy atom. The Hall–Kier alpha value is -4.91. The second-order valence-electron chi connectivity index (χ2n) is 11.7. The van der Waals surface area contributed by atoms with E-state index in [-0.39, 0.29) is 48.9 Å². The highest BCUT2D eigenvalue weighted by Gasteiger charge is 2.42. The molecule has 0 unspecified atom stereocenters. The summed E-state index contributed by atoms with van der Waals surface area (Å²) in [7, 11) is 1.53. The van der Waals surface area contributed by atoms with Gasteiger partial charge >= 0.3 is 5.97 Å². The van der Waals surface area contributed by atoms with Crippen molar-refractivity contribution >= 4 is 68.3 Å². The zero-order valence-electron chi connectivity index (χ0n) is 25.3. The van der Waals surface area contributed by atoms with Crippen molar-refractivity contribution in [3.05, 3.63) is 53.3 Å². The van der Waals surface area contributed by atoms with Crippen molar-refractivity contribution in [1.82, 2.24) is 29.7 Å². The zero-order valence-corrected chi connectivity index (χ0v) is 26.0. The van der Waals surface area contributed by atoms with Gasteiger partial charge in [-0.15, -0.1) is 0 Å². The molecule has 13 nitrogen and oxygen atoms in total. The standard InChI is InChI=1S/C32H32ClN7O6/c1-17(41)38-12-10-18(11-13-38)40-28-21(33)7-5-8-22(28)35-32(40)45-19-14-23(31(43)44)39(16-19)30-29-27(20-6-3-4-9-24(20)46-29)36-25(37-30)15-26(42)34-2/h3-9,18-19,23H,10-16H2,1-2H3,(H,34,42)(H,43,44)/t19-,23-/m0/s1. The van der Waals surface area contributed by atoms with Crippen LogP contribution in [0.25, 0.3) is 33.1 Å². The molecule has 2 N–H and O–H groups in total. The number of likely N-dealkylation sites (N-methyl/N-ethyl adjacent to an activating group) is 1. The van der Waals surface area contributed by atoms with Gasteiger partial charge in [0.25, 0.3) is 6.01 Å². The quantitative estimate of drug-likeness (QED) is 0.266. The third-order valence-corrected chi connectivity index (χ3v) is 9.15. The second kappa shape index (κ2) is 11.8. The SMILES string of the molecule is CNC(=O)Cc1nc(N2C[C@@H](Oc3nc4cccc(Cl)c4n3C3CCN(C(C)=O)CC3)C[C@H]2C(=O)O)c2oc3ccccc3c2n1. The Morgan fingerprint density at radius 1 is 1.09 bits per heavy atom. The average Bonchev–Trinajstić information content (AvgIpc) is 3.75. The molecule has 0 aliphatic carbocycles. The third kappa shape index (κ3) is 5.23. The van der Waals surface area contributed by atoms with Gasteiger partial charge in [-0.3, -0.25) is 14.2 Å². The topological polar surface area (TPSA) is 156 Å². The number of imidazole rings is 1. The molecule has 0 saturated carbocycles. The fourth-order valence-corrected chi connectivity index (χ4v) is 6.83. The van der Waals surface area contributed by atoms with Crippen molar-refractivity contribution in [1.29, 1.82) is 0 Å². The first-order valence-corrected chi connectivity index (χ1v) is 15.6. The van der Waals surface area contributed by atoms with Crippen LogP contribution in [0.2, 0.25) is 5.02 Å². The largest absolute Gasteiger partial charge is 0.480 e. The number of benzene rings is 2. The highest BCUT2D eigenvalue weighted by Crippen LogP contribution is 2.39. The maximum absolute atomic E-state index is 12.7. The number of hydrogen-bond acceptors (Lipinski definition) is 9. The number of hydrogen-bond donors (Lipinski definition) is 2. The van der Waals surface area contributed by atoms with E-state index in [4.69, 9.17) is 25.7 Å². The summed E-state index contributed by atoms with van der Waals surface area (Å²) in [5, 5.41) is 14.2. The molecule has 2 fully saturated rings. The molecular formula is C32H32ClN7O6. The lowest BCUT2D eigenvalue weighted by atomic mass is 10.0. The smallest absolute Gasteiger partial charge is 0.326 e. The minimum absolute atomic E-state index is 0.0208. The molecule has 7 rings (SSSR count).